The molecule has 91 valence electrons. The van der Waals surface area contributed by atoms with Gasteiger partial charge in [-0.25, -0.2) is 5.32 Å². The molecule has 1 aliphatic heterocycles. The minimum Gasteiger partial charge on any atom is -0.300 e. The summed E-state index contributed by atoms with van der Waals surface area (Å²) in [6.07, 6.45) is 5.49. The standard InChI is InChI=1S/C13H22NO2/c1-3-12(15)8-10-6-5-7-11(14-10)9-13(16)4-2/h10-11H,3-9H2,1-2H3. The summed E-state index contributed by atoms with van der Waals surface area (Å²) in [6.45, 7) is 3.78. The van der Waals surface area contributed by atoms with Crippen LogP contribution in [0, 0.1) is 0 Å². The molecule has 1 radical (unpaired) electrons. The number of Topliss-reactive ketones (excluding diaryl/α,β-unsaturated/α-hetero) is 2. The van der Waals surface area contributed by atoms with Gasteiger partial charge >= 0.3 is 0 Å². The highest BCUT2D eigenvalue weighted by Crippen LogP contribution is 2.20. The first-order valence-electron chi connectivity index (χ1n) is 6.39. The highest BCUT2D eigenvalue weighted by Gasteiger charge is 2.25. The number of nitrogens with zero attached hydrogens (tertiary/aromatic N) is 1. The van der Waals surface area contributed by atoms with E-state index in [1.807, 2.05) is 13.8 Å². The molecule has 0 N–H and O–H groups in total. The van der Waals surface area contributed by atoms with E-state index in [9.17, 15) is 9.59 Å². The van der Waals surface area contributed by atoms with E-state index >= 15 is 0 Å². The number of hydrogen-bond acceptors (Lipinski definition) is 2. The maximum Gasteiger partial charge on any atom is 0.134 e. The molecule has 0 aliphatic carbocycles. The number of carbonyl (C=O) groups is 2. The van der Waals surface area contributed by atoms with Crippen molar-refractivity contribution in [1.82, 2.24) is 5.32 Å². The molecule has 2 atom stereocenters. The SMILES string of the molecule is CCC(=O)CC1CCCC(CC(=O)CC)[N]1. The van der Waals surface area contributed by atoms with E-state index in [0.29, 0.717) is 25.7 Å². The molecule has 1 fully saturated rings. The molecule has 0 saturated carbocycles. The van der Waals surface area contributed by atoms with Crippen LogP contribution in [0.25, 0.3) is 0 Å². The van der Waals surface area contributed by atoms with Gasteiger partial charge in [0.15, 0.2) is 0 Å². The van der Waals surface area contributed by atoms with Crippen LogP contribution in [-0.4, -0.2) is 23.7 Å². The normalized spacial score (nSPS) is 25.4. The molecule has 1 saturated heterocycles. The molecular formula is C13H22NO2. The van der Waals surface area contributed by atoms with Crippen molar-refractivity contribution in [2.45, 2.75) is 70.9 Å². The topological polar surface area (TPSA) is 48.2 Å². The number of carbonyl (C=O) groups excluding carboxylic acids is 2. The van der Waals surface area contributed by atoms with Crippen LogP contribution in [0.15, 0.2) is 0 Å². The number of piperidine rings is 1. The maximum absolute atomic E-state index is 11.3. The lowest BCUT2D eigenvalue weighted by Crippen LogP contribution is -2.38. The van der Waals surface area contributed by atoms with E-state index < -0.39 is 0 Å². The second-order valence-corrected chi connectivity index (χ2v) is 4.58. The fourth-order valence-corrected chi connectivity index (χ4v) is 2.16. The summed E-state index contributed by atoms with van der Waals surface area (Å²) in [4.78, 5) is 22.7. The molecule has 3 heteroatoms. The molecule has 0 aromatic heterocycles. The van der Waals surface area contributed by atoms with Crippen LogP contribution >= 0.6 is 0 Å². The average molecular weight is 224 g/mol. The second-order valence-electron chi connectivity index (χ2n) is 4.58. The number of hydrogen-bond donors (Lipinski definition) is 0. The molecule has 1 rings (SSSR count). The summed E-state index contributed by atoms with van der Waals surface area (Å²) in [7, 11) is 0. The van der Waals surface area contributed by atoms with E-state index in [-0.39, 0.29) is 23.7 Å². The molecule has 0 spiro atoms. The van der Waals surface area contributed by atoms with E-state index in [1.54, 1.807) is 0 Å². The molecular weight excluding hydrogens is 202 g/mol. The van der Waals surface area contributed by atoms with Gasteiger partial charge in [0.2, 0.25) is 0 Å². The lowest BCUT2D eigenvalue weighted by atomic mass is 9.92. The molecule has 1 aliphatic rings. The Balaban J connectivity index is 2.35. The van der Waals surface area contributed by atoms with Gasteiger partial charge in [0.1, 0.15) is 11.6 Å². The zero-order valence-corrected chi connectivity index (χ0v) is 10.4. The molecule has 1 heterocycles. The maximum atomic E-state index is 11.3. The van der Waals surface area contributed by atoms with Crippen LogP contribution in [0.1, 0.15) is 58.8 Å². The van der Waals surface area contributed by atoms with Gasteiger partial charge in [-0.1, -0.05) is 20.3 Å². The second kappa shape index (κ2) is 6.79. The van der Waals surface area contributed by atoms with Crippen LogP contribution < -0.4 is 5.32 Å². The van der Waals surface area contributed by atoms with Gasteiger partial charge in [0.25, 0.3) is 0 Å². The predicted molar refractivity (Wildman–Crippen MR) is 63.4 cm³/mol. The minimum absolute atomic E-state index is 0.177. The van der Waals surface area contributed by atoms with Crippen LogP contribution in [0.5, 0.6) is 0 Å². The van der Waals surface area contributed by atoms with Gasteiger partial charge in [-0.3, -0.25) is 9.59 Å². The summed E-state index contributed by atoms with van der Waals surface area (Å²) in [5.74, 6) is 0.576. The Hall–Kier alpha value is -0.700. The third-order valence-corrected chi connectivity index (χ3v) is 3.21. The summed E-state index contributed by atoms with van der Waals surface area (Å²) in [5.41, 5.74) is 0. The van der Waals surface area contributed by atoms with E-state index in [2.05, 4.69) is 5.32 Å². The Morgan fingerprint density at radius 1 is 1.00 bits per heavy atom. The van der Waals surface area contributed by atoms with Crippen molar-refractivity contribution in [3.05, 3.63) is 0 Å². The summed E-state index contributed by atoms with van der Waals surface area (Å²) >= 11 is 0. The van der Waals surface area contributed by atoms with Gasteiger partial charge in [-0.2, -0.15) is 0 Å². The fourth-order valence-electron chi connectivity index (χ4n) is 2.16. The van der Waals surface area contributed by atoms with Crippen molar-refractivity contribution in [3.63, 3.8) is 0 Å². The average Bonchev–Trinajstić information content (AvgIpc) is 2.29. The quantitative estimate of drug-likeness (QED) is 0.694. The van der Waals surface area contributed by atoms with Crippen molar-refractivity contribution in [2.75, 3.05) is 0 Å². The smallest absolute Gasteiger partial charge is 0.134 e. The van der Waals surface area contributed by atoms with Gasteiger partial charge in [0, 0.05) is 37.8 Å². The first-order chi connectivity index (χ1) is 7.65. The molecule has 0 bridgehead atoms. The highest BCUT2D eigenvalue weighted by molar-refractivity contribution is 5.79. The van der Waals surface area contributed by atoms with E-state index in [1.165, 1.54) is 0 Å². The van der Waals surface area contributed by atoms with Crippen molar-refractivity contribution >= 4 is 11.6 Å². The first-order valence-corrected chi connectivity index (χ1v) is 6.39. The Morgan fingerprint density at radius 2 is 1.44 bits per heavy atom. The Bertz CT molecular complexity index is 226. The van der Waals surface area contributed by atoms with Crippen LogP contribution in [0.2, 0.25) is 0 Å². The largest absolute Gasteiger partial charge is 0.300 e. The first kappa shape index (κ1) is 13.4. The summed E-state index contributed by atoms with van der Waals surface area (Å²) in [5, 5.41) is 4.62. The molecule has 2 unspecified atom stereocenters. The monoisotopic (exact) mass is 224 g/mol. The van der Waals surface area contributed by atoms with E-state index in [4.69, 9.17) is 0 Å². The van der Waals surface area contributed by atoms with Gasteiger partial charge in [0.05, 0.1) is 0 Å². The minimum atomic E-state index is 0.177. The van der Waals surface area contributed by atoms with Gasteiger partial charge < -0.3 is 0 Å². The lowest BCUT2D eigenvalue weighted by Gasteiger charge is -2.28. The highest BCUT2D eigenvalue weighted by atomic mass is 16.1. The van der Waals surface area contributed by atoms with Crippen molar-refractivity contribution < 1.29 is 9.59 Å². The molecule has 0 aromatic rings. The number of rotatable bonds is 6. The van der Waals surface area contributed by atoms with Crippen molar-refractivity contribution in [2.24, 2.45) is 0 Å². The molecule has 0 aromatic carbocycles. The molecule has 0 amide bonds. The predicted octanol–water partition coefficient (Wildman–Crippen LogP) is 2.25. The fraction of sp³-hybridized carbons (Fsp3) is 0.846. The Kier molecular flexibility index (Phi) is 5.67. The van der Waals surface area contributed by atoms with Gasteiger partial charge in [-0.05, 0) is 12.8 Å². The zero-order valence-electron chi connectivity index (χ0n) is 10.4. The molecule has 16 heavy (non-hydrogen) atoms. The summed E-state index contributed by atoms with van der Waals surface area (Å²) in [6, 6.07) is 0.353. The third-order valence-electron chi connectivity index (χ3n) is 3.21. The zero-order chi connectivity index (χ0) is 12.0. The van der Waals surface area contributed by atoms with Crippen molar-refractivity contribution in [3.8, 4) is 0 Å². The van der Waals surface area contributed by atoms with Crippen LogP contribution in [-0.2, 0) is 9.59 Å². The molecule has 3 nitrogen and oxygen atoms in total. The van der Waals surface area contributed by atoms with E-state index in [0.717, 1.165) is 19.3 Å². The Morgan fingerprint density at radius 3 is 1.81 bits per heavy atom. The third kappa shape index (κ3) is 4.44. The lowest BCUT2D eigenvalue weighted by molar-refractivity contribution is -0.119. The summed E-state index contributed by atoms with van der Waals surface area (Å²) < 4.78 is 0. The van der Waals surface area contributed by atoms with Gasteiger partial charge in [-0.15, -0.1) is 0 Å². The Labute approximate surface area is 98.0 Å². The van der Waals surface area contributed by atoms with Crippen molar-refractivity contribution in [1.29, 1.82) is 0 Å². The van der Waals surface area contributed by atoms with Crippen LogP contribution in [0.4, 0.5) is 0 Å². The number of ketones is 2. The van der Waals surface area contributed by atoms with Crippen LogP contribution in [0.3, 0.4) is 0 Å².